The summed E-state index contributed by atoms with van der Waals surface area (Å²) < 4.78 is 13.0. The second kappa shape index (κ2) is 9.87. The highest BCUT2D eigenvalue weighted by molar-refractivity contribution is 6.00. The molecular weight excluding hydrogens is 414 g/mol. The largest absolute Gasteiger partial charge is 0.493 e. The van der Waals surface area contributed by atoms with E-state index in [0.717, 1.165) is 22.6 Å². The van der Waals surface area contributed by atoms with Crippen molar-refractivity contribution in [2.75, 3.05) is 12.5 Å². The number of aromatic nitrogens is 1. The van der Waals surface area contributed by atoms with Crippen molar-refractivity contribution in [1.82, 2.24) is 4.68 Å². The zero-order valence-corrected chi connectivity index (χ0v) is 18.8. The maximum Gasteiger partial charge on any atom is 0.270 e. The van der Waals surface area contributed by atoms with Crippen LogP contribution in [0.4, 0.5) is 5.69 Å². The number of amides is 1. The number of rotatable bonds is 7. The first-order valence-electron chi connectivity index (χ1n) is 10.6. The maximum absolute atomic E-state index is 12.5. The molecule has 0 saturated heterocycles. The molecule has 6 heteroatoms. The van der Waals surface area contributed by atoms with Crippen molar-refractivity contribution in [2.24, 2.45) is 4.99 Å². The Morgan fingerprint density at radius 1 is 0.909 bits per heavy atom. The number of hydrogen-bond acceptors (Lipinski definition) is 4. The molecule has 0 aliphatic heterocycles. The molecule has 33 heavy (non-hydrogen) atoms. The van der Waals surface area contributed by atoms with Crippen LogP contribution in [-0.2, 0) is 0 Å². The summed E-state index contributed by atoms with van der Waals surface area (Å²) in [6, 6.07) is 26.1. The molecule has 1 N–H and O–H groups in total. The average molecular weight is 440 g/mol. The fraction of sp³-hybridized carbons (Fsp3) is 0.111. The second-order valence-corrected chi connectivity index (χ2v) is 7.47. The van der Waals surface area contributed by atoms with E-state index in [4.69, 9.17) is 9.47 Å². The van der Waals surface area contributed by atoms with Crippen molar-refractivity contribution in [1.29, 1.82) is 0 Å². The van der Waals surface area contributed by atoms with Crippen LogP contribution in [-0.4, -0.2) is 23.9 Å². The van der Waals surface area contributed by atoms with E-state index < -0.39 is 0 Å². The third-order valence-corrected chi connectivity index (χ3v) is 5.21. The highest BCUT2D eigenvalue weighted by atomic mass is 16.5. The van der Waals surface area contributed by atoms with Crippen LogP contribution in [0.1, 0.15) is 27.3 Å². The molecule has 0 aliphatic rings. The third kappa shape index (κ3) is 5.13. The van der Waals surface area contributed by atoms with Crippen molar-refractivity contribution in [3.05, 3.63) is 107 Å². The van der Waals surface area contributed by atoms with E-state index >= 15 is 0 Å². The summed E-state index contributed by atoms with van der Waals surface area (Å²) in [6.45, 7) is 3.89. The fourth-order valence-electron chi connectivity index (χ4n) is 3.42. The third-order valence-electron chi connectivity index (χ3n) is 5.21. The molecule has 0 aliphatic carbocycles. The standard InChI is InChI=1S/C27H25N3O3/c1-19-17-22(20(2)30(19)29-27(31)21-9-5-4-6-10-21)18-28-23-13-15-24(16-14-23)33-26-12-8-7-11-25(26)32-3/h4-18H,1-3H3,(H,29,31). The number of nitrogens with one attached hydrogen (secondary N) is 1. The monoisotopic (exact) mass is 439 g/mol. The Hall–Kier alpha value is -4.32. The van der Waals surface area contributed by atoms with Crippen LogP contribution >= 0.6 is 0 Å². The SMILES string of the molecule is COc1ccccc1Oc1ccc(N=Cc2cc(C)n(NC(=O)c3ccccc3)c2C)cc1. The summed E-state index contributed by atoms with van der Waals surface area (Å²) in [5, 5.41) is 0. The number of methoxy groups -OCH3 is 1. The van der Waals surface area contributed by atoms with Crippen molar-refractivity contribution < 1.29 is 14.3 Å². The average Bonchev–Trinajstić information content (AvgIpc) is 3.12. The van der Waals surface area contributed by atoms with Gasteiger partial charge in [-0.3, -0.25) is 19.9 Å². The van der Waals surface area contributed by atoms with E-state index in [1.165, 1.54) is 0 Å². The molecule has 166 valence electrons. The van der Waals surface area contributed by atoms with Crippen LogP contribution in [0, 0.1) is 13.8 Å². The van der Waals surface area contributed by atoms with E-state index in [9.17, 15) is 4.79 Å². The van der Waals surface area contributed by atoms with Gasteiger partial charge in [-0.1, -0.05) is 30.3 Å². The molecule has 3 aromatic carbocycles. The van der Waals surface area contributed by atoms with Gasteiger partial charge in [0.15, 0.2) is 11.5 Å². The van der Waals surface area contributed by atoms with Crippen molar-refractivity contribution >= 4 is 17.8 Å². The van der Waals surface area contributed by atoms with Gasteiger partial charge in [0.25, 0.3) is 5.91 Å². The summed E-state index contributed by atoms with van der Waals surface area (Å²) in [5.41, 5.74) is 7.08. The van der Waals surface area contributed by atoms with Crippen molar-refractivity contribution in [3.8, 4) is 17.2 Å². The fourth-order valence-corrected chi connectivity index (χ4v) is 3.42. The molecule has 0 atom stereocenters. The number of carbonyl (C=O) groups is 1. The van der Waals surface area contributed by atoms with Crippen LogP contribution in [0.3, 0.4) is 0 Å². The normalized spacial score (nSPS) is 10.9. The van der Waals surface area contributed by atoms with E-state index in [2.05, 4.69) is 10.4 Å². The van der Waals surface area contributed by atoms with Crippen LogP contribution in [0.2, 0.25) is 0 Å². The molecule has 0 saturated carbocycles. The molecule has 1 heterocycles. The maximum atomic E-state index is 12.5. The molecule has 4 rings (SSSR count). The molecule has 0 bridgehead atoms. The topological polar surface area (TPSA) is 64.8 Å². The van der Waals surface area contributed by atoms with Gasteiger partial charge >= 0.3 is 0 Å². The lowest BCUT2D eigenvalue weighted by Crippen LogP contribution is -2.24. The smallest absolute Gasteiger partial charge is 0.270 e. The molecule has 1 amide bonds. The minimum absolute atomic E-state index is 0.161. The lowest BCUT2D eigenvalue weighted by atomic mass is 10.2. The van der Waals surface area contributed by atoms with E-state index in [1.807, 2.05) is 86.6 Å². The number of benzene rings is 3. The minimum atomic E-state index is -0.161. The van der Waals surface area contributed by atoms with Crippen LogP contribution in [0.5, 0.6) is 17.2 Å². The van der Waals surface area contributed by atoms with E-state index in [0.29, 0.717) is 22.8 Å². The zero-order valence-electron chi connectivity index (χ0n) is 18.8. The van der Waals surface area contributed by atoms with Gasteiger partial charge in [0, 0.05) is 28.7 Å². The Morgan fingerprint density at radius 2 is 1.58 bits per heavy atom. The Balaban J connectivity index is 1.46. The number of hydrogen-bond donors (Lipinski definition) is 1. The Morgan fingerprint density at radius 3 is 2.27 bits per heavy atom. The molecule has 0 unspecified atom stereocenters. The van der Waals surface area contributed by atoms with Crippen LogP contribution < -0.4 is 14.9 Å². The number of para-hydroxylation sites is 2. The van der Waals surface area contributed by atoms with Gasteiger partial charge in [-0.05, 0) is 68.4 Å². The number of aliphatic imine (C=N–C) groups is 1. The highest BCUT2D eigenvalue weighted by Gasteiger charge is 2.11. The summed E-state index contributed by atoms with van der Waals surface area (Å²) in [6.07, 6.45) is 1.80. The van der Waals surface area contributed by atoms with Gasteiger partial charge in [-0.15, -0.1) is 0 Å². The first-order chi connectivity index (χ1) is 16.0. The molecular formula is C27H25N3O3. The predicted octanol–water partition coefficient (Wildman–Crippen LogP) is 6.04. The van der Waals surface area contributed by atoms with Gasteiger partial charge in [-0.25, -0.2) is 0 Å². The highest BCUT2D eigenvalue weighted by Crippen LogP contribution is 2.31. The lowest BCUT2D eigenvalue weighted by Gasteiger charge is -2.11. The first kappa shape index (κ1) is 21.9. The zero-order chi connectivity index (χ0) is 23.2. The van der Waals surface area contributed by atoms with Gasteiger partial charge in [0.1, 0.15) is 5.75 Å². The minimum Gasteiger partial charge on any atom is -0.493 e. The van der Waals surface area contributed by atoms with Crippen LogP contribution in [0.25, 0.3) is 0 Å². The molecule has 0 spiro atoms. The van der Waals surface area contributed by atoms with Crippen molar-refractivity contribution in [3.63, 3.8) is 0 Å². The quantitative estimate of drug-likeness (QED) is 0.357. The Kier molecular flexibility index (Phi) is 6.55. The number of ether oxygens (including phenoxy) is 2. The first-order valence-corrected chi connectivity index (χ1v) is 10.6. The molecule has 4 aromatic rings. The second-order valence-electron chi connectivity index (χ2n) is 7.47. The van der Waals surface area contributed by atoms with Gasteiger partial charge in [0.05, 0.1) is 12.8 Å². The molecule has 6 nitrogen and oxygen atoms in total. The van der Waals surface area contributed by atoms with Gasteiger partial charge in [-0.2, -0.15) is 0 Å². The molecule has 0 fully saturated rings. The molecule has 1 aromatic heterocycles. The van der Waals surface area contributed by atoms with E-state index in [1.54, 1.807) is 30.1 Å². The van der Waals surface area contributed by atoms with Gasteiger partial charge < -0.3 is 9.47 Å². The number of nitrogens with zero attached hydrogens (tertiary/aromatic N) is 2. The van der Waals surface area contributed by atoms with Crippen molar-refractivity contribution in [2.45, 2.75) is 13.8 Å². The summed E-state index contributed by atoms with van der Waals surface area (Å²) >= 11 is 0. The lowest BCUT2D eigenvalue weighted by molar-refractivity contribution is 0.101. The Labute approximate surface area is 193 Å². The molecule has 0 radical (unpaired) electrons. The number of carbonyl (C=O) groups excluding carboxylic acids is 1. The Bertz CT molecular complexity index is 1280. The number of aryl methyl sites for hydroxylation is 1. The summed E-state index contributed by atoms with van der Waals surface area (Å²) in [7, 11) is 1.62. The summed E-state index contributed by atoms with van der Waals surface area (Å²) in [5.74, 6) is 1.86. The van der Waals surface area contributed by atoms with E-state index in [-0.39, 0.29) is 5.91 Å². The predicted molar refractivity (Wildman–Crippen MR) is 131 cm³/mol. The van der Waals surface area contributed by atoms with Crippen LogP contribution in [0.15, 0.2) is 89.9 Å². The van der Waals surface area contributed by atoms with Gasteiger partial charge in [0.2, 0.25) is 0 Å². The summed E-state index contributed by atoms with van der Waals surface area (Å²) in [4.78, 5) is 17.1.